The minimum Gasteiger partial charge on any atom is -0.394 e. The van der Waals surface area contributed by atoms with Gasteiger partial charge in [0.25, 0.3) is 0 Å². The fourth-order valence-electron chi connectivity index (χ4n) is 8.32. The fourth-order valence-corrected chi connectivity index (χ4v) is 8.32. The molecule has 2 atom stereocenters. The molecule has 2 unspecified atom stereocenters. The van der Waals surface area contributed by atoms with E-state index in [2.05, 4.69) is 55.6 Å². The number of allylic oxidation sites excluding steroid dienone is 7. The van der Waals surface area contributed by atoms with Crippen molar-refractivity contribution in [1.82, 2.24) is 5.32 Å². The van der Waals surface area contributed by atoms with Crippen LogP contribution in [0.15, 0.2) is 48.6 Å². The largest absolute Gasteiger partial charge is 0.394 e. The topological polar surface area (TPSA) is 69.6 Å². The molecule has 0 fully saturated rings. The van der Waals surface area contributed by atoms with Crippen LogP contribution < -0.4 is 5.32 Å². The van der Waals surface area contributed by atoms with E-state index in [9.17, 15) is 15.0 Å². The summed E-state index contributed by atoms with van der Waals surface area (Å²) in [7, 11) is 0. The van der Waals surface area contributed by atoms with E-state index >= 15 is 0 Å². The molecule has 0 heterocycles. The molecule has 4 nitrogen and oxygen atoms in total. The van der Waals surface area contributed by atoms with Crippen LogP contribution in [-0.4, -0.2) is 34.9 Å². The normalized spacial score (nSPS) is 13.2. The van der Waals surface area contributed by atoms with Crippen LogP contribution in [0.25, 0.3) is 0 Å². The van der Waals surface area contributed by atoms with Gasteiger partial charge in [-0.1, -0.05) is 262 Å². The first-order chi connectivity index (χ1) is 30.2. The first kappa shape index (κ1) is 59.4. The second-order valence-electron chi connectivity index (χ2n) is 18.6. The van der Waals surface area contributed by atoms with Gasteiger partial charge in [-0.25, -0.2) is 0 Å². The van der Waals surface area contributed by atoms with Crippen LogP contribution >= 0.6 is 0 Å². The SMILES string of the molecule is CCCCCCCCCC/C=C\CCCCCCCCCCCC(=O)NC(CO)C(O)/C=C/CC/C=C/CC/C=C/CCCCCCCCCCCCCCCCCCCC. The predicted octanol–water partition coefficient (Wildman–Crippen LogP) is 17.9. The number of hydrogen-bond donors (Lipinski definition) is 3. The number of aliphatic hydroxyl groups excluding tert-OH is 2. The van der Waals surface area contributed by atoms with Crippen LogP contribution in [0.2, 0.25) is 0 Å². The first-order valence-corrected chi connectivity index (χ1v) is 27.4. The molecule has 0 aliphatic heterocycles. The Bertz CT molecular complexity index is 970. The standard InChI is InChI=1S/C57H107NO3/c1-3-5-7-9-11-13-15-17-19-21-23-25-26-27-28-29-30-31-33-34-36-38-40-42-44-46-48-50-52-56(60)55(54-59)58-57(61)53-51-49-47-45-43-41-39-37-35-32-24-22-20-18-16-14-12-10-8-6-4-2/h22,24,34,36,42,44,50,52,55-56,59-60H,3-21,23,25-33,35,37-41,43,45-49,51,53-54H2,1-2H3,(H,58,61)/b24-22-,36-34+,44-42+,52-50+. The van der Waals surface area contributed by atoms with Crippen molar-refractivity contribution < 1.29 is 15.0 Å². The van der Waals surface area contributed by atoms with E-state index in [1.54, 1.807) is 6.08 Å². The smallest absolute Gasteiger partial charge is 0.220 e. The second-order valence-corrected chi connectivity index (χ2v) is 18.6. The van der Waals surface area contributed by atoms with Crippen LogP contribution in [0.1, 0.15) is 290 Å². The maximum Gasteiger partial charge on any atom is 0.220 e. The van der Waals surface area contributed by atoms with Gasteiger partial charge in [0.1, 0.15) is 0 Å². The molecule has 0 aliphatic carbocycles. The molecule has 4 heteroatoms. The maximum absolute atomic E-state index is 12.4. The fraction of sp³-hybridized carbons (Fsp3) is 0.842. The molecule has 358 valence electrons. The van der Waals surface area contributed by atoms with E-state index in [0.717, 1.165) is 38.5 Å². The lowest BCUT2D eigenvalue weighted by Crippen LogP contribution is -2.45. The molecule has 0 saturated heterocycles. The van der Waals surface area contributed by atoms with Gasteiger partial charge in [-0.2, -0.15) is 0 Å². The third-order valence-electron chi connectivity index (χ3n) is 12.5. The summed E-state index contributed by atoms with van der Waals surface area (Å²) in [6.45, 7) is 4.32. The molecule has 1 amide bonds. The number of nitrogens with one attached hydrogen (secondary N) is 1. The van der Waals surface area contributed by atoms with Gasteiger partial charge in [0.05, 0.1) is 18.8 Å². The van der Waals surface area contributed by atoms with E-state index < -0.39 is 12.1 Å². The summed E-state index contributed by atoms with van der Waals surface area (Å²) in [5, 5.41) is 23.1. The zero-order chi connectivity index (χ0) is 44.2. The van der Waals surface area contributed by atoms with Gasteiger partial charge in [0.15, 0.2) is 0 Å². The molecular weight excluding hydrogens is 747 g/mol. The second kappa shape index (κ2) is 52.7. The summed E-state index contributed by atoms with van der Waals surface area (Å²) >= 11 is 0. The predicted molar refractivity (Wildman–Crippen MR) is 271 cm³/mol. The van der Waals surface area contributed by atoms with Gasteiger partial charge >= 0.3 is 0 Å². The Morgan fingerprint density at radius 2 is 0.639 bits per heavy atom. The average molecular weight is 854 g/mol. The summed E-state index contributed by atoms with van der Waals surface area (Å²) in [4.78, 5) is 12.4. The highest BCUT2D eigenvalue weighted by Gasteiger charge is 2.17. The molecular formula is C57H107NO3. The highest BCUT2D eigenvalue weighted by molar-refractivity contribution is 5.76. The lowest BCUT2D eigenvalue weighted by Gasteiger charge is -2.19. The molecule has 0 saturated carbocycles. The Hall–Kier alpha value is -1.65. The third-order valence-corrected chi connectivity index (χ3v) is 12.5. The number of unbranched alkanes of at least 4 members (excludes halogenated alkanes) is 37. The number of rotatable bonds is 50. The summed E-state index contributed by atoms with van der Waals surface area (Å²) < 4.78 is 0. The number of aliphatic hydroxyl groups is 2. The molecule has 0 bridgehead atoms. The molecule has 0 aromatic rings. The van der Waals surface area contributed by atoms with Gasteiger partial charge in [-0.3, -0.25) is 4.79 Å². The van der Waals surface area contributed by atoms with Crippen molar-refractivity contribution in [3.8, 4) is 0 Å². The lowest BCUT2D eigenvalue weighted by molar-refractivity contribution is -0.123. The van der Waals surface area contributed by atoms with Crippen molar-refractivity contribution in [1.29, 1.82) is 0 Å². The quantitative estimate of drug-likeness (QED) is 0.0422. The van der Waals surface area contributed by atoms with E-state index in [-0.39, 0.29) is 12.5 Å². The molecule has 61 heavy (non-hydrogen) atoms. The van der Waals surface area contributed by atoms with Gasteiger partial charge in [0.2, 0.25) is 5.91 Å². The van der Waals surface area contributed by atoms with Crippen LogP contribution in [0, 0.1) is 0 Å². The molecule has 0 aromatic carbocycles. The van der Waals surface area contributed by atoms with Gasteiger partial charge in [-0.15, -0.1) is 0 Å². The first-order valence-electron chi connectivity index (χ1n) is 27.4. The number of carbonyl (C=O) groups excluding carboxylic acids is 1. The number of hydrogen-bond acceptors (Lipinski definition) is 3. The van der Waals surface area contributed by atoms with Gasteiger partial charge < -0.3 is 15.5 Å². The molecule has 0 rings (SSSR count). The minimum atomic E-state index is -0.872. The summed E-state index contributed by atoms with van der Waals surface area (Å²) in [6.07, 6.45) is 72.7. The monoisotopic (exact) mass is 854 g/mol. The van der Waals surface area contributed by atoms with Gasteiger partial charge in [-0.05, 0) is 70.6 Å². The lowest BCUT2D eigenvalue weighted by atomic mass is 10.0. The van der Waals surface area contributed by atoms with E-state index in [1.807, 2.05) is 6.08 Å². The zero-order valence-electron chi connectivity index (χ0n) is 41.2. The molecule has 3 N–H and O–H groups in total. The summed E-state index contributed by atoms with van der Waals surface area (Å²) in [5.74, 6) is -0.0780. The van der Waals surface area contributed by atoms with E-state index in [4.69, 9.17) is 0 Å². The Balaban J connectivity index is 3.57. The average Bonchev–Trinajstić information content (AvgIpc) is 3.26. The van der Waals surface area contributed by atoms with Crippen molar-refractivity contribution in [3.63, 3.8) is 0 Å². The number of carbonyl (C=O) groups is 1. The minimum absolute atomic E-state index is 0.0780. The van der Waals surface area contributed by atoms with Crippen molar-refractivity contribution in [2.45, 2.75) is 302 Å². The Morgan fingerprint density at radius 1 is 0.377 bits per heavy atom. The third kappa shape index (κ3) is 49.2. The Morgan fingerprint density at radius 3 is 0.951 bits per heavy atom. The summed E-state index contributed by atoms with van der Waals surface area (Å²) in [5.41, 5.74) is 0. The van der Waals surface area contributed by atoms with Crippen molar-refractivity contribution >= 4 is 5.91 Å². The highest BCUT2D eigenvalue weighted by atomic mass is 16.3. The molecule has 0 aliphatic rings. The highest BCUT2D eigenvalue weighted by Crippen LogP contribution is 2.16. The molecule has 0 spiro atoms. The van der Waals surface area contributed by atoms with Crippen molar-refractivity contribution in [2.24, 2.45) is 0 Å². The zero-order valence-corrected chi connectivity index (χ0v) is 41.2. The van der Waals surface area contributed by atoms with Crippen LogP contribution in [-0.2, 0) is 4.79 Å². The maximum atomic E-state index is 12.4. The number of amides is 1. The van der Waals surface area contributed by atoms with Gasteiger partial charge in [0, 0.05) is 6.42 Å². The van der Waals surface area contributed by atoms with Crippen molar-refractivity contribution in [3.05, 3.63) is 48.6 Å². The molecule has 0 radical (unpaired) electrons. The molecule has 0 aromatic heterocycles. The van der Waals surface area contributed by atoms with E-state index in [1.165, 1.54) is 231 Å². The van der Waals surface area contributed by atoms with Crippen molar-refractivity contribution in [2.75, 3.05) is 6.61 Å². The van der Waals surface area contributed by atoms with E-state index in [0.29, 0.717) is 6.42 Å². The summed E-state index contributed by atoms with van der Waals surface area (Å²) in [6, 6.07) is -0.648. The Labute approximate surface area is 382 Å². The van der Waals surface area contributed by atoms with Crippen LogP contribution in [0.3, 0.4) is 0 Å². The Kier molecular flexibility index (Phi) is 51.3. The van der Waals surface area contributed by atoms with Crippen LogP contribution in [0.5, 0.6) is 0 Å². The van der Waals surface area contributed by atoms with Crippen LogP contribution in [0.4, 0.5) is 0 Å².